The Morgan fingerprint density at radius 1 is 1.23 bits per heavy atom. The zero-order chi connectivity index (χ0) is 20.0. The van der Waals surface area contributed by atoms with Crippen molar-refractivity contribution in [2.45, 2.75) is 83.5 Å². The van der Waals surface area contributed by atoms with Crippen molar-refractivity contribution in [3.63, 3.8) is 0 Å². The van der Waals surface area contributed by atoms with Crippen molar-refractivity contribution < 1.29 is 9.22 Å². The van der Waals surface area contributed by atoms with E-state index >= 15 is 0 Å². The predicted octanol–water partition coefficient (Wildman–Crippen LogP) is 4.55. The summed E-state index contributed by atoms with van der Waals surface area (Å²) in [7, 11) is -1.97. The van der Waals surface area contributed by atoms with E-state index in [1.165, 1.54) is 0 Å². The van der Waals surface area contributed by atoms with Crippen LogP contribution in [0.15, 0.2) is 6.20 Å². The average Bonchev–Trinajstić information content (AvgIpc) is 2.53. The van der Waals surface area contributed by atoms with Crippen LogP contribution in [-0.2, 0) is 20.2 Å². The van der Waals surface area contributed by atoms with Gasteiger partial charge in [0, 0.05) is 0 Å². The maximum atomic E-state index is 13.1. The minimum Gasteiger partial charge on any atom is -0.414 e. The van der Waals surface area contributed by atoms with E-state index in [4.69, 9.17) is 16.0 Å². The Morgan fingerprint density at radius 3 is 2.31 bits per heavy atom. The second kappa shape index (κ2) is 6.88. The van der Waals surface area contributed by atoms with Crippen LogP contribution in [0.1, 0.15) is 65.8 Å². The summed E-state index contributed by atoms with van der Waals surface area (Å²) in [5.74, 6) is -0.0205. The van der Waals surface area contributed by atoms with Gasteiger partial charge in [0.25, 0.3) is 0 Å². The molecule has 0 fully saturated rings. The molecule has 0 aromatic carbocycles. The van der Waals surface area contributed by atoms with E-state index in [0.717, 1.165) is 5.69 Å². The largest absolute Gasteiger partial charge is 0.414 e. The molecule has 2 rings (SSSR count). The Balaban J connectivity index is 2.50. The van der Waals surface area contributed by atoms with Crippen LogP contribution in [0.4, 0.5) is 0 Å². The number of hydrogen-bond acceptors (Lipinski definition) is 4. The molecule has 0 saturated heterocycles. The van der Waals surface area contributed by atoms with Crippen molar-refractivity contribution in [3.05, 3.63) is 22.7 Å². The van der Waals surface area contributed by atoms with Gasteiger partial charge < -0.3 is 9.74 Å². The summed E-state index contributed by atoms with van der Waals surface area (Å²) in [4.78, 5) is 22.3. The van der Waals surface area contributed by atoms with Crippen molar-refractivity contribution in [1.82, 2.24) is 15.3 Å². The minimum absolute atomic E-state index is 0.0205. The van der Waals surface area contributed by atoms with Crippen LogP contribution in [0.5, 0.6) is 0 Å². The van der Waals surface area contributed by atoms with Crippen LogP contribution in [0, 0.1) is 0 Å². The Kier molecular flexibility index (Phi) is 5.64. The summed E-state index contributed by atoms with van der Waals surface area (Å²) < 4.78 is 6.43. The summed E-state index contributed by atoms with van der Waals surface area (Å²) in [6.07, 6.45) is 2.85. The first-order valence-corrected chi connectivity index (χ1v) is 12.6. The van der Waals surface area contributed by atoms with Gasteiger partial charge in [-0.3, -0.25) is 9.78 Å². The molecule has 0 saturated carbocycles. The smallest absolute Gasteiger partial charge is 0.233 e. The maximum absolute atomic E-state index is 13.1. The molecule has 1 aromatic rings. The number of halogens is 1. The molecule has 1 aromatic heterocycles. The number of nitrogens with zero attached hydrogens (tertiary/aromatic N) is 2. The van der Waals surface area contributed by atoms with Gasteiger partial charge in [-0.25, -0.2) is 4.98 Å². The third kappa shape index (κ3) is 3.43. The highest BCUT2D eigenvalue weighted by atomic mass is 35.5. The van der Waals surface area contributed by atoms with Gasteiger partial charge >= 0.3 is 0 Å². The van der Waals surface area contributed by atoms with Crippen molar-refractivity contribution in [2.75, 3.05) is 6.61 Å². The lowest BCUT2D eigenvalue weighted by Gasteiger charge is -2.46. The molecule has 0 radical (unpaired) electrons. The zero-order valence-electron chi connectivity index (χ0n) is 17.3. The number of rotatable bonds is 5. The van der Waals surface area contributed by atoms with Crippen LogP contribution < -0.4 is 5.32 Å². The van der Waals surface area contributed by atoms with Gasteiger partial charge in [0.05, 0.1) is 29.6 Å². The predicted molar refractivity (Wildman–Crippen MR) is 108 cm³/mol. The molecule has 1 atom stereocenters. The number of amides is 1. The standard InChI is InChI=1S/C19H32ClN3O2Si/c1-9-19(10-2)15-14(21-11-13(20)22-15)18(6,23-16(19)24)12-25-26(7,8)17(3,4)5/h11H,9-10,12H2,1-8H3,(H,23,24). The molecule has 5 nitrogen and oxygen atoms in total. The topological polar surface area (TPSA) is 64.1 Å². The molecule has 26 heavy (non-hydrogen) atoms. The highest BCUT2D eigenvalue weighted by Crippen LogP contribution is 2.43. The van der Waals surface area contributed by atoms with Crippen molar-refractivity contribution >= 4 is 25.8 Å². The summed E-state index contributed by atoms with van der Waals surface area (Å²) in [6.45, 7) is 17.4. The molecule has 7 heteroatoms. The van der Waals surface area contributed by atoms with Crippen molar-refractivity contribution in [2.24, 2.45) is 0 Å². The van der Waals surface area contributed by atoms with Crippen LogP contribution in [0.2, 0.25) is 23.3 Å². The van der Waals surface area contributed by atoms with Gasteiger partial charge in [-0.1, -0.05) is 46.2 Å². The highest BCUT2D eigenvalue weighted by molar-refractivity contribution is 6.74. The molecule has 1 aliphatic heterocycles. The third-order valence-corrected chi connectivity index (χ3v) is 10.9. The monoisotopic (exact) mass is 397 g/mol. The second-order valence-electron chi connectivity index (χ2n) is 9.01. The van der Waals surface area contributed by atoms with E-state index < -0.39 is 19.3 Å². The fraction of sp³-hybridized carbons (Fsp3) is 0.737. The van der Waals surface area contributed by atoms with Gasteiger partial charge in [0.15, 0.2) is 8.32 Å². The molecule has 1 N–H and O–H groups in total. The van der Waals surface area contributed by atoms with Gasteiger partial charge in [-0.2, -0.15) is 0 Å². The summed E-state index contributed by atoms with van der Waals surface area (Å²) in [6, 6.07) is 0. The normalized spacial score (nSPS) is 22.7. The first-order chi connectivity index (χ1) is 11.8. The zero-order valence-corrected chi connectivity index (χ0v) is 19.0. The lowest BCUT2D eigenvalue weighted by atomic mass is 9.71. The molecule has 0 spiro atoms. The van der Waals surface area contributed by atoms with E-state index in [0.29, 0.717) is 30.3 Å². The lowest BCUT2D eigenvalue weighted by molar-refractivity contribution is -0.131. The molecule has 0 bridgehead atoms. The van der Waals surface area contributed by atoms with Crippen LogP contribution >= 0.6 is 11.6 Å². The average molecular weight is 398 g/mol. The summed E-state index contributed by atoms with van der Waals surface area (Å²) in [5, 5.41) is 3.61. The van der Waals surface area contributed by atoms with E-state index in [1.807, 2.05) is 20.8 Å². The first-order valence-electron chi connectivity index (χ1n) is 9.33. The SMILES string of the molecule is CCC1(CC)C(=O)NC(C)(CO[Si](C)(C)C(C)(C)C)c2ncc(Cl)nc21. The second-order valence-corrected chi connectivity index (χ2v) is 14.2. The quantitative estimate of drug-likeness (QED) is 0.740. The first kappa shape index (κ1) is 21.3. The number of carbonyl (C=O) groups excluding carboxylic acids is 1. The van der Waals surface area contributed by atoms with Crippen LogP contribution in [0.3, 0.4) is 0 Å². The van der Waals surface area contributed by atoms with Crippen molar-refractivity contribution in [1.29, 1.82) is 0 Å². The van der Waals surface area contributed by atoms with E-state index in [-0.39, 0.29) is 10.9 Å². The Labute approximate surface area is 163 Å². The number of hydrogen-bond donors (Lipinski definition) is 1. The number of fused-ring (bicyclic) bond motifs is 1. The Morgan fingerprint density at radius 2 is 1.81 bits per heavy atom. The molecular weight excluding hydrogens is 366 g/mol. The maximum Gasteiger partial charge on any atom is 0.233 e. The number of nitrogens with one attached hydrogen (secondary N) is 1. The molecule has 146 valence electrons. The molecule has 0 aliphatic carbocycles. The van der Waals surface area contributed by atoms with E-state index in [2.05, 4.69) is 49.1 Å². The highest BCUT2D eigenvalue weighted by Gasteiger charge is 2.52. The van der Waals surface area contributed by atoms with Crippen molar-refractivity contribution in [3.8, 4) is 0 Å². The fourth-order valence-corrected chi connectivity index (χ4v) is 4.41. The van der Waals surface area contributed by atoms with Gasteiger partial charge in [-0.15, -0.1) is 0 Å². The molecule has 1 amide bonds. The summed E-state index contributed by atoms with van der Waals surface area (Å²) in [5.41, 5.74) is 0.0564. The molecular formula is C19H32ClN3O2Si. The number of aromatic nitrogens is 2. The fourth-order valence-electron chi connectivity index (χ4n) is 3.19. The third-order valence-electron chi connectivity index (χ3n) is 6.28. The summed E-state index contributed by atoms with van der Waals surface area (Å²) >= 11 is 6.14. The molecule has 1 unspecified atom stereocenters. The number of carbonyl (C=O) groups is 1. The molecule has 2 heterocycles. The van der Waals surface area contributed by atoms with Crippen LogP contribution in [-0.4, -0.2) is 30.8 Å². The van der Waals surface area contributed by atoms with Gasteiger partial charge in [-0.05, 0) is 37.9 Å². The van der Waals surface area contributed by atoms with Gasteiger partial charge in [0.2, 0.25) is 5.91 Å². The van der Waals surface area contributed by atoms with E-state index in [9.17, 15) is 4.79 Å². The van der Waals surface area contributed by atoms with E-state index in [1.54, 1.807) is 6.20 Å². The Hall–Kier alpha value is -0.983. The minimum atomic E-state index is -1.97. The molecule has 1 aliphatic rings. The Bertz CT molecular complexity index is 699. The lowest BCUT2D eigenvalue weighted by Crippen LogP contribution is -2.61. The van der Waals surface area contributed by atoms with Crippen LogP contribution in [0.25, 0.3) is 0 Å². The van der Waals surface area contributed by atoms with Gasteiger partial charge in [0.1, 0.15) is 10.7 Å².